The van der Waals surface area contributed by atoms with Crippen molar-refractivity contribution in [3.8, 4) is 11.5 Å². The molecule has 1 aliphatic heterocycles. The third-order valence-electron chi connectivity index (χ3n) is 4.48. The summed E-state index contributed by atoms with van der Waals surface area (Å²) in [4.78, 5) is 42.6. The summed E-state index contributed by atoms with van der Waals surface area (Å²) in [5.74, 6) is 0.888. The van der Waals surface area contributed by atoms with E-state index in [2.05, 4.69) is 25.1 Å². The van der Waals surface area contributed by atoms with Crippen molar-refractivity contribution in [2.24, 2.45) is 0 Å². The normalized spacial score (nSPS) is 17.3. The molecule has 3 aromatic rings. The molecule has 0 radical (unpaired) electrons. The molecule has 10 heteroatoms. The summed E-state index contributed by atoms with van der Waals surface area (Å²) in [6, 6.07) is -0.326. The van der Waals surface area contributed by atoms with E-state index in [9.17, 15) is 9.59 Å². The van der Waals surface area contributed by atoms with Crippen LogP contribution in [0.25, 0.3) is 11.5 Å². The van der Waals surface area contributed by atoms with Crippen molar-refractivity contribution in [1.82, 2.24) is 30.0 Å². The minimum absolute atomic E-state index is 0.00570. The Morgan fingerprint density at radius 3 is 2.85 bits per heavy atom. The quantitative estimate of drug-likeness (QED) is 0.733. The Balaban J connectivity index is 1.64. The fourth-order valence-corrected chi connectivity index (χ4v) is 3.78. The molecule has 1 amide bonds. The topological polar surface area (TPSA) is 118 Å². The lowest BCUT2D eigenvalue weighted by Crippen LogP contribution is -2.41. The number of nitrogens with one attached hydrogen (secondary N) is 1. The molecule has 1 saturated heterocycles. The Morgan fingerprint density at radius 1 is 1.33 bits per heavy atom. The average Bonchev–Trinajstić information content (AvgIpc) is 3.29. The number of hydrogen-bond acceptors (Lipinski definition) is 8. The predicted octanol–water partition coefficient (Wildman–Crippen LogP) is 2.26. The molecule has 0 aliphatic carbocycles. The number of rotatable bonds is 3. The van der Waals surface area contributed by atoms with E-state index in [0.29, 0.717) is 29.8 Å². The van der Waals surface area contributed by atoms with Crippen LogP contribution in [0.5, 0.6) is 0 Å². The van der Waals surface area contributed by atoms with Crippen LogP contribution in [0.2, 0.25) is 0 Å². The smallest absolute Gasteiger partial charge is 0.264 e. The first kappa shape index (κ1) is 17.5. The van der Waals surface area contributed by atoms with Gasteiger partial charge in [-0.3, -0.25) is 9.59 Å². The number of H-pyrrole nitrogens is 1. The molecule has 4 heterocycles. The lowest BCUT2D eigenvalue weighted by Gasteiger charge is -2.33. The Labute approximate surface area is 158 Å². The predicted molar refractivity (Wildman–Crippen MR) is 97.4 cm³/mol. The lowest BCUT2D eigenvalue weighted by molar-refractivity contribution is 0.0559. The van der Waals surface area contributed by atoms with Gasteiger partial charge in [-0.2, -0.15) is 4.98 Å². The molecule has 1 fully saturated rings. The summed E-state index contributed by atoms with van der Waals surface area (Å²) >= 11 is 1.47. The first-order chi connectivity index (χ1) is 13.0. The van der Waals surface area contributed by atoms with Gasteiger partial charge >= 0.3 is 0 Å². The lowest BCUT2D eigenvalue weighted by atomic mass is 10.0. The van der Waals surface area contributed by atoms with Crippen LogP contribution in [0.4, 0.5) is 0 Å². The zero-order chi connectivity index (χ0) is 19.0. The number of hydrogen-bond donors (Lipinski definition) is 1. The third kappa shape index (κ3) is 3.39. The van der Waals surface area contributed by atoms with Gasteiger partial charge in [0.2, 0.25) is 5.89 Å². The number of carbonyl (C=O) groups excluding carboxylic acids is 1. The van der Waals surface area contributed by atoms with Crippen molar-refractivity contribution in [1.29, 1.82) is 0 Å². The van der Waals surface area contributed by atoms with Gasteiger partial charge in [-0.25, -0.2) is 9.97 Å². The highest BCUT2D eigenvalue weighted by molar-refractivity contribution is 7.09. The zero-order valence-corrected chi connectivity index (χ0v) is 15.7. The molecule has 1 unspecified atom stereocenters. The molecule has 3 aromatic heterocycles. The summed E-state index contributed by atoms with van der Waals surface area (Å²) in [6.07, 6.45) is 3.84. The van der Waals surface area contributed by atoms with Crippen LogP contribution < -0.4 is 5.56 Å². The van der Waals surface area contributed by atoms with Crippen LogP contribution in [0, 0.1) is 13.8 Å². The molecule has 0 spiro atoms. The zero-order valence-electron chi connectivity index (χ0n) is 14.9. The summed E-state index contributed by atoms with van der Waals surface area (Å²) < 4.78 is 5.27. The largest absolute Gasteiger partial charge is 0.337 e. The van der Waals surface area contributed by atoms with Crippen molar-refractivity contribution in [2.45, 2.75) is 39.2 Å². The molecule has 0 aromatic carbocycles. The molecular formula is C17H18N6O3S. The van der Waals surface area contributed by atoms with Gasteiger partial charge in [0.1, 0.15) is 17.3 Å². The first-order valence-corrected chi connectivity index (χ1v) is 9.54. The van der Waals surface area contributed by atoms with E-state index in [1.807, 2.05) is 12.3 Å². The Kier molecular flexibility index (Phi) is 4.56. The summed E-state index contributed by atoms with van der Waals surface area (Å²) in [6.45, 7) is 4.13. The van der Waals surface area contributed by atoms with Gasteiger partial charge < -0.3 is 14.4 Å². The number of thiazole rings is 1. The average molecular weight is 386 g/mol. The van der Waals surface area contributed by atoms with Crippen molar-refractivity contribution in [3.05, 3.63) is 44.2 Å². The monoisotopic (exact) mass is 386 g/mol. The number of nitrogens with zero attached hydrogens (tertiary/aromatic N) is 5. The number of aromatic amines is 1. The van der Waals surface area contributed by atoms with E-state index in [4.69, 9.17) is 4.52 Å². The Hall–Kier alpha value is -2.88. The second-order valence-corrected chi connectivity index (χ2v) is 7.48. The second kappa shape index (κ2) is 7.03. The van der Waals surface area contributed by atoms with Crippen molar-refractivity contribution >= 4 is 17.2 Å². The van der Waals surface area contributed by atoms with Gasteiger partial charge in [0.05, 0.1) is 5.01 Å². The molecular weight excluding hydrogens is 368 g/mol. The molecule has 0 saturated carbocycles. The van der Waals surface area contributed by atoms with Crippen LogP contribution in [0.1, 0.15) is 52.4 Å². The summed E-state index contributed by atoms with van der Waals surface area (Å²) in [7, 11) is 0. The second-order valence-electron chi connectivity index (χ2n) is 6.42. The van der Waals surface area contributed by atoms with E-state index in [1.165, 1.54) is 17.5 Å². The van der Waals surface area contributed by atoms with Crippen molar-refractivity contribution < 1.29 is 9.32 Å². The minimum atomic E-state index is -0.485. The molecule has 0 bridgehead atoms. The number of piperidine rings is 1. The molecule has 4 rings (SSSR count). The number of amides is 1. The fourth-order valence-electron chi connectivity index (χ4n) is 3.18. The fraction of sp³-hybridized carbons (Fsp3) is 0.412. The standard InChI is InChI=1S/C17H18N6O3S/c1-9-19-16(26-22-9)13-5-3-4-6-23(13)17(25)11-7-18-14(21-15(11)24)12-8-27-10(2)20-12/h7-8,13H,3-6H2,1-2H3,(H,18,21,24). The molecule has 1 aliphatic rings. The summed E-state index contributed by atoms with van der Waals surface area (Å²) in [5.41, 5.74) is 0.0984. The Morgan fingerprint density at radius 2 is 2.19 bits per heavy atom. The highest BCUT2D eigenvalue weighted by Crippen LogP contribution is 2.30. The molecule has 1 N–H and O–H groups in total. The number of aromatic nitrogens is 5. The summed E-state index contributed by atoms with van der Waals surface area (Å²) in [5, 5.41) is 6.50. The maximum absolute atomic E-state index is 13.0. The maximum atomic E-state index is 13.0. The van der Waals surface area contributed by atoms with Gasteiger partial charge in [-0.1, -0.05) is 5.16 Å². The molecule has 1 atom stereocenters. The van der Waals surface area contributed by atoms with E-state index < -0.39 is 5.56 Å². The number of aryl methyl sites for hydroxylation is 2. The van der Waals surface area contributed by atoms with Crippen LogP contribution >= 0.6 is 11.3 Å². The van der Waals surface area contributed by atoms with Gasteiger partial charge in [-0.05, 0) is 33.1 Å². The van der Waals surface area contributed by atoms with Gasteiger partial charge in [-0.15, -0.1) is 11.3 Å². The Bertz CT molecular complexity index is 1040. The van der Waals surface area contributed by atoms with Crippen LogP contribution in [0.15, 0.2) is 20.9 Å². The van der Waals surface area contributed by atoms with Crippen LogP contribution in [-0.4, -0.2) is 42.4 Å². The third-order valence-corrected chi connectivity index (χ3v) is 5.26. The number of likely N-dealkylation sites (tertiary alicyclic amines) is 1. The highest BCUT2D eigenvalue weighted by atomic mass is 32.1. The van der Waals surface area contributed by atoms with Gasteiger partial charge in [0.25, 0.3) is 11.5 Å². The molecule has 140 valence electrons. The molecule has 27 heavy (non-hydrogen) atoms. The van der Waals surface area contributed by atoms with E-state index in [0.717, 1.165) is 24.3 Å². The van der Waals surface area contributed by atoms with Gasteiger partial charge in [0, 0.05) is 18.1 Å². The maximum Gasteiger partial charge on any atom is 0.264 e. The van der Waals surface area contributed by atoms with Crippen molar-refractivity contribution in [3.63, 3.8) is 0 Å². The van der Waals surface area contributed by atoms with E-state index >= 15 is 0 Å². The molecule has 9 nitrogen and oxygen atoms in total. The van der Waals surface area contributed by atoms with Gasteiger partial charge in [0.15, 0.2) is 11.6 Å². The minimum Gasteiger partial charge on any atom is -0.337 e. The van der Waals surface area contributed by atoms with Crippen molar-refractivity contribution in [2.75, 3.05) is 6.54 Å². The number of carbonyl (C=O) groups is 1. The SMILES string of the molecule is Cc1noc(C2CCCCN2C(=O)c2cnc(-c3csc(C)n3)[nH]c2=O)n1. The van der Waals surface area contributed by atoms with Crippen LogP contribution in [0.3, 0.4) is 0 Å². The highest BCUT2D eigenvalue weighted by Gasteiger charge is 2.33. The van der Waals surface area contributed by atoms with E-state index in [-0.39, 0.29) is 17.5 Å². The van der Waals surface area contributed by atoms with E-state index in [1.54, 1.807) is 11.8 Å². The van der Waals surface area contributed by atoms with Crippen LogP contribution in [-0.2, 0) is 0 Å². The first-order valence-electron chi connectivity index (χ1n) is 8.66.